The average Bonchev–Trinajstić information content (AvgIpc) is 3.32. The molecule has 0 radical (unpaired) electrons. The Labute approximate surface area is 125 Å². The molecule has 0 bridgehead atoms. The molecule has 3 aliphatic rings. The number of hydrogen-bond donors (Lipinski definition) is 1. The summed E-state index contributed by atoms with van der Waals surface area (Å²) >= 11 is 1.88. The van der Waals surface area contributed by atoms with Gasteiger partial charge in [0.15, 0.2) is 0 Å². The van der Waals surface area contributed by atoms with E-state index in [-0.39, 0.29) is 5.54 Å². The molecule has 0 spiro atoms. The van der Waals surface area contributed by atoms with Crippen LogP contribution < -0.4 is 5.32 Å². The third kappa shape index (κ3) is 2.42. The van der Waals surface area contributed by atoms with Crippen molar-refractivity contribution < 1.29 is 0 Å². The Balaban J connectivity index is 1.59. The Kier molecular flexibility index (Phi) is 3.17. The molecule has 1 unspecified atom stereocenters. The first-order chi connectivity index (χ1) is 9.66. The van der Waals surface area contributed by atoms with Gasteiger partial charge in [-0.3, -0.25) is 4.90 Å². The van der Waals surface area contributed by atoms with Crippen molar-refractivity contribution in [3.63, 3.8) is 0 Å². The maximum absolute atomic E-state index is 4.99. The molecule has 0 aromatic carbocycles. The van der Waals surface area contributed by atoms with E-state index in [4.69, 9.17) is 4.98 Å². The van der Waals surface area contributed by atoms with Crippen molar-refractivity contribution in [2.45, 2.75) is 69.5 Å². The summed E-state index contributed by atoms with van der Waals surface area (Å²) in [5, 5.41) is 7.57. The number of rotatable bonds is 5. The molecule has 4 heteroatoms. The molecule has 2 heterocycles. The molecule has 2 saturated carbocycles. The fraction of sp³-hybridized carbons (Fsp3) is 0.812. The van der Waals surface area contributed by atoms with Gasteiger partial charge in [-0.25, -0.2) is 4.98 Å². The van der Waals surface area contributed by atoms with Gasteiger partial charge in [-0.05, 0) is 38.0 Å². The van der Waals surface area contributed by atoms with Crippen LogP contribution in [0.2, 0.25) is 0 Å². The first-order valence-corrected chi connectivity index (χ1v) is 9.02. The molecule has 1 aliphatic heterocycles. The summed E-state index contributed by atoms with van der Waals surface area (Å²) in [6.45, 7) is 6.91. The number of aromatic nitrogens is 1. The fourth-order valence-electron chi connectivity index (χ4n) is 3.33. The summed E-state index contributed by atoms with van der Waals surface area (Å²) in [6, 6.07) is 1.63. The van der Waals surface area contributed by atoms with E-state index < -0.39 is 0 Å². The van der Waals surface area contributed by atoms with Crippen LogP contribution in [0.3, 0.4) is 0 Å². The normalized spacial score (nSPS) is 31.4. The van der Waals surface area contributed by atoms with Crippen molar-refractivity contribution in [1.29, 1.82) is 0 Å². The molecule has 20 heavy (non-hydrogen) atoms. The number of nitrogens with zero attached hydrogens (tertiary/aromatic N) is 2. The zero-order chi connectivity index (χ0) is 13.7. The third-order valence-electron chi connectivity index (χ3n) is 4.94. The van der Waals surface area contributed by atoms with E-state index in [0.717, 1.165) is 12.1 Å². The lowest BCUT2D eigenvalue weighted by Gasteiger charge is -2.29. The van der Waals surface area contributed by atoms with E-state index in [9.17, 15) is 0 Å². The Morgan fingerprint density at radius 3 is 2.75 bits per heavy atom. The molecule has 3 fully saturated rings. The highest BCUT2D eigenvalue weighted by Crippen LogP contribution is 2.41. The zero-order valence-electron chi connectivity index (χ0n) is 12.6. The van der Waals surface area contributed by atoms with E-state index in [0.29, 0.717) is 5.92 Å². The van der Waals surface area contributed by atoms with Crippen molar-refractivity contribution in [2.75, 3.05) is 13.1 Å². The second-order valence-electron chi connectivity index (χ2n) is 7.18. The average molecular weight is 291 g/mol. The maximum atomic E-state index is 4.99. The first kappa shape index (κ1) is 13.2. The van der Waals surface area contributed by atoms with Crippen LogP contribution in [0.25, 0.3) is 0 Å². The standard InChI is InChI=1S/C16H25N3S/c1-11(2)14-9-20-15(17-14)16(18-12-3-4-12)7-8-19(10-16)13-5-6-13/h9,11-13,18H,3-8,10H2,1-2H3. The molecule has 2 aliphatic carbocycles. The Hall–Kier alpha value is -0.450. The van der Waals surface area contributed by atoms with E-state index in [2.05, 4.69) is 29.4 Å². The molecule has 4 rings (SSSR count). The Bertz CT molecular complexity index is 490. The van der Waals surface area contributed by atoms with Gasteiger partial charge in [-0.2, -0.15) is 0 Å². The predicted octanol–water partition coefficient (Wildman–Crippen LogP) is 3.08. The lowest BCUT2D eigenvalue weighted by atomic mass is 9.99. The maximum Gasteiger partial charge on any atom is 0.114 e. The molecule has 1 N–H and O–H groups in total. The van der Waals surface area contributed by atoms with Crippen LogP contribution in [-0.4, -0.2) is 35.1 Å². The summed E-state index contributed by atoms with van der Waals surface area (Å²) in [5.74, 6) is 0.541. The Morgan fingerprint density at radius 1 is 1.35 bits per heavy atom. The molecular weight excluding hydrogens is 266 g/mol. The second-order valence-corrected chi connectivity index (χ2v) is 8.04. The van der Waals surface area contributed by atoms with Gasteiger partial charge in [0.25, 0.3) is 0 Å². The molecular formula is C16H25N3S. The van der Waals surface area contributed by atoms with Crippen molar-refractivity contribution >= 4 is 11.3 Å². The number of hydrogen-bond acceptors (Lipinski definition) is 4. The highest BCUT2D eigenvalue weighted by atomic mass is 32.1. The Morgan fingerprint density at radius 2 is 2.15 bits per heavy atom. The van der Waals surface area contributed by atoms with Gasteiger partial charge in [0.1, 0.15) is 5.01 Å². The smallest absolute Gasteiger partial charge is 0.114 e. The summed E-state index contributed by atoms with van der Waals surface area (Å²) in [7, 11) is 0. The monoisotopic (exact) mass is 291 g/mol. The predicted molar refractivity (Wildman–Crippen MR) is 83.3 cm³/mol. The van der Waals surface area contributed by atoms with Gasteiger partial charge in [0.2, 0.25) is 0 Å². The largest absolute Gasteiger partial charge is 0.301 e. The van der Waals surface area contributed by atoms with Crippen molar-refractivity contribution in [3.05, 3.63) is 16.1 Å². The highest BCUT2D eigenvalue weighted by Gasteiger charge is 2.48. The summed E-state index contributed by atoms with van der Waals surface area (Å²) < 4.78 is 0. The van der Waals surface area contributed by atoms with Gasteiger partial charge in [-0.15, -0.1) is 11.3 Å². The molecule has 3 nitrogen and oxygen atoms in total. The molecule has 1 aromatic rings. The van der Waals surface area contributed by atoms with Gasteiger partial charge < -0.3 is 5.32 Å². The molecule has 1 atom stereocenters. The van der Waals surface area contributed by atoms with Gasteiger partial charge >= 0.3 is 0 Å². The molecule has 0 amide bonds. The number of thiazole rings is 1. The van der Waals surface area contributed by atoms with Crippen molar-refractivity contribution in [2.24, 2.45) is 0 Å². The van der Waals surface area contributed by atoms with Gasteiger partial charge in [0.05, 0.1) is 11.2 Å². The van der Waals surface area contributed by atoms with Crippen LogP contribution in [0.15, 0.2) is 5.38 Å². The van der Waals surface area contributed by atoms with Crippen molar-refractivity contribution in [1.82, 2.24) is 15.2 Å². The highest BCUT2D eigenvalue weighted by molar-refractivity contribution is 7.09. The minimum Gasteiger partial charge on any atom is -0.301 e. The minimum atomic E-state index is 0.154. The number of nitrogens with one attached hydrogen (secondary N) is 1. The fourth-order valence-corrected chi connectivity index (χ4v) is 4.50. The third-order valence-corrected chi connectivity index (χ3v) is 6.01. The summed E-state index contributed by atoms with van der Waals surface area (Å²) in [5.41, 5.74) is 1.42. The van der Waals surface area contributed by atoms with Crippen LogP contribution >= 0.6 is 11.3 Å². The number of likely N-dealkylation sites (tertiary alicyclic amines) is 1. The van der Waals surface area contributed by atoms with Crippen LogP contribution in [-0.2, 0) is 5.54 Å². The molecule has 110 valence electrons. The van der Waals surface area contributed by atoms with E-state index in [1.807, 2.05) is 11.3 Å². The van der Waals surface area contributed by atoms with E-state index >= 15 is 0 Å². The lowest BCUT2D eigenvalue weighted by Crippen LogP contribution is -2.46. The lowest BCUT2D eigenvalue weighted by molar-refractivity contribution is 0.272. The first-order valence-electron chi connectivity index (χ1n) is 8.14. The van der Waals surface area contributed by atoms with Crippen LogP contribution in [0.4, 0.5) is 0 Å². The van der Waals surface area contributed by atoms with Gasteiger partial charge in [0, 0.05) is 30.6 Å². The van der Waals surface area contributed by atoms with E-state index in [1.54, 1.807) is 0 Å². The second kappa shape index (κ2) is 4.79. The van der Waals surface area contributed by atoms with Crippen LogP contribution in [0.1, 0.15) is 62.6 Å². The zero-order valence-corrected chi connectivity index (χ0v) is 13.4. The SMILES string of the molecule is CC(C)c1csc(C2(NC3CC3)CCN(C3CC3)C2)n1. The van der Waals surface area contributed by atoms with Crippen LogP contribution in [0, 0.1) is 0 Å². The summed E-state index contributed by atoms with van der Waals surface area (Å²) in [4.78, 5) is 7.69. The molecule has 1 aromatic heterocycles. The molecule has 1 saturated heterocycles. The minimum absolute atomic E-state index is 0.154. The van der Waals surface area contributed by atoms with Crippen molar-refractivity contribution in [3.8, 4) is 0 Å². The topological polar surface area (TPSA) is 28.2 Å². The van der Waals surface area contributed by atoms with E-state index in [1.165, 1.54) is 55.9 Å². The summed E-state index contributed by atoms with van der Waals surface area (Å²) in [6.07, 6.45) is 6.77. The van der Waals surface area contributed by atoms with Gasteiger partial charge in [-0.1, -0.05) is 13.8 Å². The van der Waals surface area contributed by atoms with Crippen LogP contribution in [0.5, 0.6) is 0 Å². The quantitative estimate of drug-likeness (QED) is 0.903.